The Balaban J connectivity index is 2.24. The van der Waals surface area contributed by atoms with Gasteiger partial charge in [-0.2, -0.15) is 0 Å². The molecule has 0 spiro atoms. The van der Waals surface area contributed by atoms with Gasteiger partial charge in [-0.1, -0.05) is 33.6 Å². The first-order valence-electron chi connectivity index (χ1n) is 5.14. The van der Waals surface area contributed by atoms with E-state index in [9.17, 15) is 9.18 Å². The first-order chi connectivity index (χ1) is 8.58. The molecule has 1 aromatic carbocycles. The van der Waals surface area contributed by atoms with Gasteiger partial charge in [0.1, 0.15) is 5.82 Å². The van der Waals surface area contributed by atoms with E-state index in [1.807, 2.05) is 0 Å². The Bertz CT molecular complexity index is 603. The first kappa shape index (κ1) is 13.2. The molecule has 0 amide bonds. The van der Waals surface area contributed by atoms with Crippen molar-refractivity contribution in [3.05, 3.63) is 63.1 Å². The lowest BCUT2D eigenvalue weighted by atomic mass is 10.0. The van der Waals surface area contributed by atoms with E-state index in [2.05, 4.69) is 20.9 Å². The Labute approximate surface area is 117 Å². The highest BCUT2D eigenvalue weighted by Crippen LogP contribution is 2.21. The smallest absolute Gasteiger partial charge is 0.168 e. The van der Waals surface area contributed by atoms with E-state index >= 15 is 0 Å². The molecule has 0 atom stereocenters. The maximum absolute atomic E-state index is 12.9. The zero-order valence-electron chi connectivity index (χ0n) is 9.16. The molecule has 0 fully saturated rings. The maximum atomic E-state index is 12.9. The second-order valence-electron chi connectivity index (χ2n) is 3.69. The number of benzene rings is 1. The van der Waals surface area contributed by atoms with Crippen LogP contribution >= 0.6 is 27.5 Å². The molecule has 0 radical (unpaired) electrons. The Morgan fingerprint density at radius 2 is 2.17 bits per heavy atom. The van der Waals surface area contributed by atoms with Gasteiger partial charge in [0.15, 0.2) is 5.78 Å². The number of rotatable bonds is 3. The molecular formula is C13H8BrClFNO. The van der Waals surface area contributed by atoms with Crippen molar-refractivity contribution in [2.75, 3.05) is 0 Å². The van der Waals surface area contributed by atoms with Gasteiger partial charge in [0.05, 0.1) is 5.02 Å². The molecule has 0 aliphatic carbocycles. The minimum atomic E-state index is -0.347. The third-order valence-corrected chi connectivity index (χ3v) is 3.48. The van der Waals surface area contributed by atoms with Crippen LogP contribution in [0.15, 0.2) is 41.1 Å². The van der Waals surface area contributed by atoms with Crippen molar-refractivity contribution in [3.63, 3.8) is 0 Å². The minimum Gasteiger partial charge on any atom is -0.294 e. The molecule has 0 bridgehead atoms. The second-order valence-corrected chi connectivity index (χ2v) is 4.95. The van der Waals surface area contributed by atoms with Crippen molar-refractivity contribution in [2.45, 2.75) is 6.42 Å². The fourth-order valence-electron chi connectivity index (χ4n) is 1.53. The van der Waals surface area contributed by atoms with Crippen LogP contribution in [0.4, 0.5) is 4.39 Å². The lowest BCUT2D eigenvalue weighted by molar-refractivity contribution is 0.0993. The van der Waals surface area contributed by atoms with Gasteiger partial charge < -0.3 is 0 Å². The summed E-state index contributed by atoms with van der Waals surface area (Å²) in [6.07, 6.45) is 3.10. The van der Waals surface area contributed by atoms with Crippen molar-refractivity contribution in [1.29, 1.82) is 0 Å². The summed E-state index contributed by atoms with van der Waals surface area (Å²) in [5.41, 5.74) is 1.14. The highest BCUT2D eigenvalue weighted by atomic mass is 79.9. The third-order valence-electron chi connectivity index (χ3n) is 2.44. The summed E-state index contributed by atoms with van der Waals surface area (Å²) in [6, 6.07) is 5.80. The summed E-state index contributed by atoms with van der Waals surface area (Å²) in [4.78, 5) is 15.9. The number of Topliss-reactive ketones (excluding diaryl/α,β-unsaturated/α-hetero) is 1. The highest BCUT2D eigenvalue weighted by Gasteiger charge is 2.12. The zero-order valence-corrected chi connectivity index (χ0v) is 11.5. The Morgan fingerprint density at radius 3 is 2.83 bits per heavy atom. The Hall–Kier alpha value is -1.26. The fraction of sp³-hybridized carbons (Fsp3) is 0.0769. The van der Waals surface area contributed by atoms with Gasteiger partial charge in [-0.15, -0.1) is 0 Å². The lowest BCUT2D eigenvalue weighted by Gasteiger charge is -2.05. The van der Waals surface area contributed by atoms with E-state index < -0.39 is 0 Å². The number of carbonyl (C=O) groups excluding carboxylic acids is 1. The summed E-state index contributed by atoms with van der Waals surface area (Å²) in [5, 5.41) is 0.320. The molecule has 0 saturated heterocycles. The number of halogens is 3. The van der Waals surface area contributed by atoms with Crippen molar-refractivity contribution in [1.82, 2.24) is 4.98 Å². The molecule has 2 aromatic rings. The fourth-order valence-corrected chi connectivity index (χ4v) is 2.25. The number of hydrogen-bond donors (Lipinski definition) is 0. The van der Waals surface area contributed by atoms with E-state index in [-0.39, 0.29) is 18.0 Å². The first-order valence-corrected chi connectivity index (χ1v) is 6.31. The topological polar surface area (TPSA) is 30.0 Å². The number of ketones is 1. The number of nitrogens with zero attached hydrogens (tertiary/aromatic N) is 1. The van der Waals surface area contributed by atoms with Crippen molar-refractivity contribution < 1.29 is 9.18 Å². The van der Waals surface area contributed by atoms with Crippen LogP contribution in [0.25, 0.3) is 0 Å². The Kier molecular flexibility index (Phi) is 4.09. The van der Waals surface area contributed by atoms with Crippen LogP contribution in [0.2, 0.25) is 5.02 Å². The monoisotopic (exact) mass is 327 g/mol. The van der Waals surface area contributed by atoms with Gasteiger partial charge in [-0.3, -0.25) is 9.78 Å². The van der Waals surface area contributed by atoms with Gasteiger partial charge in [0.2, 0.25) is 0 Å². The van der Waals surface area contributed by atoms with Gasteiger partial charge >= 0.3 is 0 Å². The highest BCUT2D eigenvalue weighted by molar-refractivity contribution is 9.10. The zero-order chi connectivity index (χ0) is 13.1. The molecule has 18 heavy (non-hydrogen) atoms. The van der Waals surface area contributed by atoms with E-state index in [4.69, 9.17) is 11.6 Å². The van der Waals surface area contributed by atoms with Crippen LogP contribution in [-0.4, -0.2) is 10.8 Å². The largest absolute Gasteiger partial charge is 0.294 e. The van der Waals surface area contributed by atoms with E-state index in [0.717, 1.165) is 0 Å². The average Bonchev–Trinajstić information content (AvgIpc) is 2.33. The molecule has 5 heteroatoms. The van der Waals surface area contributed by atoms with Gasteiger partial charge in [-0.05, 0) is 23.8 Å². The molecule has 1 aromatic heterocycles. The standard InChI is InChI=1S/C13H8BrClFNO/c14-11-6-9(16)2-1-8(11)5-13(18)10-3-4-17-7-12(10)15/h1-4,6-7H,5H2. The number of pyridine rings is 1. The van der Waals surface area contributed by atoms with Crippen molar-refractivity contribution in [2.24, 2.45) is 0 Å². The van der Waals surface area contributed by atoms with Gasteiger partial charge in [0, 0.05) is 28.9 Å². The number of aromatic nitrogens is 1. The van der Waals surface area contributed by atoms with Crippen molar-refractivity contribution in [3.8, 4) is 0 Å². The van der Waals surface area contributed by atoms with Crippen LogP contribution in [-0.2, 0) is 6.42 Å². The summed E-state index contributed by atoms with van der Waals surface area (Å²) < 4.78 is 13.5. The summed E-state index contributed by atoms with van der Waals surface area (Å²) in [7, 11) is 0. The predicted octanol–water partition coefficient (Wildman–Crippen LogP) is 4.06. The van der Waals surface area contributed by atoms with E-state index in [0.29, 0.717) is 20.6 Å². The molecule has 2 rings (SSSR count). The molecule has 1 heterocycles. The number of hydrogen-bond acceptors (Lipinski definition) is 2. The summed E-state index contributed by atoms with van der Waals surface area (Å²) in [6.45, 7) is 0. The summed E-state index contributed by atoms with van der Waals surface area (Å²) in [5.74, 6) is -0.477. The quantitative estimate of drug-likeness (QED) is 0.795. The third kappa shape index (κ3) is 2.94. The maximum Gasteiger partial charge on any atom is 0.168 e. The van der Waals surface area contributed by atoms with Crippen LogP contribution < -0.4 is 0 Å². The molecule has 92 valence electrons. The second kappa shape index (κ2) is 5.59. The molecule has 0 N–H and O–H groups in total. The van der Waals surface area contributed by atoms with Crippen LogP contribution in [0.1, 0.15) is 15.9 Å². The Morgan fingerprint density at radius 1 is 1.39 bits per heavy atom. The molecule has 0 saturated carbocycles. The normalized spacial score (nSPS) is 10.4. The molecule has 0 aliphatic heterocycles. The van der Waals surface area contributed by atoms with E-state index in [1.54, 1.807) is 12.1 Å². The molecular weight excluding hydrogens is 321 g/mol. The summed E-state index contributed by atoms with van der Waals surface area (Å²) >= 11 is 9.12. The van der Waals surface area contributed by atoms with Crippen LogP contribution in [0, 0.1) is 5.82 Å². The number of carbonyl (C=O) groups is 1. The minimum absolute atomic E-state index is 0.130. The lowest BCUT2D eigenvalue weighted by Crippen LogP contribution is -2.05. The van der Waals surface area contributed by atoms with Crippen LogP contribution in [0.5, 0.6) is 0 Å². The molecule has 0 aliphatic rings. The van der Waals surface area contributed by atoms with Gasteiger partial charge in [-0.25, -0.2) is 4.39 Å². The average molecular weight is 329 g/mol. The molecule has 2 nitrogen and oxygen atoms in total. The SMILES string of the molecule is O=C(Cc1ccc(F)cc1Br)c1ccncc1Cl. The van der Waals surface area contributed by atoms with Crippen LogP contribution in [0.3, 0.4) is 0 Å². The van der Waals surface area contributed by atoms with Gasteiger partial charge in [0.25, 0.3) is 0 Å². The van der Waals surface area contributed by atoms with E-state index in [1.165, 1.54) is 24.5 Å². The van der Waals surface area contributed by atoms with Crippen molar-refractivity contribution >= 4 is 33.3 Å². The predicted molar refractivity (Wildman–Crippen MR) is 71.4 cm³/mol. The molecule has 0 unspecified atom stereocenters.